The van der Waals surface area contributed by atoms with E-state index in [0.717, 1.165) is 317 Å². The molecule has 0 radical (unpaired) electrons. The standard InChI is InChI=1S/C29H34ClN7O2.C21H32BN3O3.C15H20BrN3O.C14H14Cl2N4O.C11H12BrClN2.C7H9BrN2.C4H6Cl2O.C4H9NO/c1-35-26-19-21(4-9-24(26)32-28(35)3-2-10-36-11-15-38-16-12-36)25-20-27(31-23-7-5-22(30)6-8-23)34-29(33-25)37-13-17-39-18-14-37;1-20(2)21(3,4)28-22(27-20)16-8-9-17-18(15-16)24(5)19(23-17)7-6-10-25-11-13-26-14-12-25;1-18-14-11-12(16)4-5-13(14)17-15(18)3-2-6-19-7-9-20-10-8-19;15-10-1-3-11(4-2-10)17-13-9-12(16)18-14(19-13)20-5-7-21-8-6-20;1-15-10-7-8(12)4-5-9(10)14-11(15)3-2-6-13;1-10-7-4-5(8)2-3-6(7)9;5-3-1-2-4(6)7;1-3-6-4-2-5-1/h4-9,19-20H,2-3,10-18H2,1H3,(H,31,33,34);8-9,15H,6-7,10-14H2,1-5H3;4-5,11H,2-3,6-10H2,1H3;1-4,9H,5-8H2,(H,17,18,19);4-5,7H,2-3,6H2,1H3;2-4,10H,9H2,1H3;1-3H2;5H,1-4H2. The van der Waals surface area contributed by atoms with Crippen LogP contribution in [0.2, 0.25) is 15.2 Å². The summed E-state index contributed by atoms with van der Waals surface area (Å²) in [7, 11) is 9.87. The van der Waals surface area contributed by atoms with Gasteiger partial charge in [-0.25, -0.2) is 29.9 Å². The zero-order valence-electron chi connectivity index (χ0n) is 84.8. The van der Waals surface area contributed by atoms with E-state index in [-0.39, 0.29) is 23.6 Å². The monoisotopic (exact) mass is 2310 g/mol. The van der Waals surface area contributed by atoms with Crippen LogP contribution >= 0.6 is 117 Å². The van der Waals surface area contributed by atoms with E-state index in [1.54, 1.807) is 6.07 Å². The van der Waals surface area contributed by atoms with Gasteiger partial charge in [-0.2, -0.15) is 9.97 Å². The molecule has 0 saturated carbocycles. The van der Waals surface area contributed by atoms with Crippen LogP contribution in [0.25, 0.3) is 55.4 Å². The van der Waals surface area contributed by atoms with Crippen molar-refractivity contribution < 1.29 is 42.5 Å². The Labute approximate surface area is 912 Å². The predicted octanol–water partition coefficient (Wildman–Crippen LogP) is 19.6. The van der Waals surface area contributed by atoms with Gasteiger partial charge in [-0.15, -0.1) is 23.2 Å². The Kier molecular flexibility index (Phi) is 46.0. The van der Waals surface area contributed by atoms with E-state index >= 15 is 0 Å². The first-order valence-corrected chi connectivity index (χ1v) is 54.9. The first kappa shape index (κ1) is 115. The Bertz CT molecular complexity index is 6240. The molecule has 0 bridgehead atoms. The summed E-state index contributed by atoms with van der Waals surface area (Å²) in [5.41, 5.74) is 20.2. The van der Waals surface area contributed by atoms with Crippen LogP contribution in [0.15, 0.2) is 165 Å². The quantitative estimate of drug-likeness (QED) is 0.0105. The summed E-state index contributed by atoms with van der Waals surface area (Å²) >= 11 is 44.3. The van der Waals surface area contributed by atoms with Crippen LogP contribution in [0.1, 0.15) is 89.5 Å². The Morgan fingerprint density at radius 2 is 0.795 bits per heavy atom. The van der Waals surface area contributed by atoms with Crippen molar-refractivity contribution in [2.45, 2.75) is 103 Å². The number of aryl methyl sites for hydroxylation is 8. The molecule has 41 heteroatoms. The van der Waals surface area contributed by atoms with Gasteiger partial charge >= 0.3 is 7.12 Å². The summed E-state index contributed by atoms with van der Waals surface area (Å²) in [5, 5.41) is 14.3. The van der Waals surface area contributed by atoms with Crippen molar-refractivity contribution in [1.29, 1.82) is 0 Å². The van der Waals surface area contributed by atoms with Crippen LogP contribution < -0.4 is 42.3 Å². The summed E-state index contributed by atoms with van der Waals surface area (Å²) in [6.07, 6.45) is 9.29. The number of morpholine rings is 6. The van der Waals surface area contributed by atoms with Gasteiger partial charge in [0.2, 0.25) is 17.1 Å². The molecule has 7 aliphatic rings. The van der Waals surface area contributed by atoms with Crippen molar-refractivity contribution in [3.8, 4) is 11.3 Å². The van der Waals surface area contributed by atoms with Gasteiger partial charge in [-0.05, 0) is 224 Å². The van der Waals surface area contributed by atoms with E-state index in [0.29, 0.717) is 83.9 Å². The fraction of sp³-hybridized carbons (Fsp3) is 0.476. The first-order valence-electron chi connectivity index (χ1n) is 49.9. The lowest BCUT2D eigenvalue weighted by Crippen LogP contribution is -2.41. The molecule has 6 N–H and O–H groups in total. The number of carbonyl (C=O) groups is 1. The summed E-state index contributed by atoms with van der Waals surface area (Å²) < 4.78 is 56.6. The molecule has 0 aliphatic carbocycles. The van der Waals surface area contributed by atoms with Crippen molar-refractivity contribution in [3.05, 3.63) is 204 Å². The van der Waals surface area contributed by atoms with Crippen molar-refractivity contribution >= 4 is 226 Å². The van der Waals surface area contributed by atoms with Gasteiger partial charge in [0.15, 0.2) is 0 Å². The molecule has 786 valence electrons. The minimum atomic E-state index is -0.339. The van der Waals surface area contributed by atoms with Gasteiger partial charge in [-0.3, -0.25) is 19.5 Å². The van der Waals surface area contributed by atoms with Gasteiger partial charge in [0.25, 0.3) is 0 Å². The van der Waals surface area contributed by atoms with Crippen molar-refractivity contribution in [1.82, 2.24) is 78.2 Å². The molecule has 13 aromatic rings. The maximum atomic E-state index is 9.91. The molecule has 20 rings (SSSR count). The second-order valence-electron chi connectivity index (χ2n) is 36.9. The lowest BCUT2D eigenvalue weighted by atomic mass is 9.79. The third kappa shape index (κ3) is 34.9. The minimum absolute atomic E-state index is 0.305. The first-order chi connectivity index (χ1) is 70.6. The normalized spacial score (nSPS) is 16.4. The van der Waals surface area contributed by atoms with Crippen LogP contribution in [0.4, 0.5) is 46.3 Å². The molecule has 7 fully saturated rings. The van der Waals surface area contributed by atoms with Crippen LogP contribution in [0.5, 0.6) is 0 Å². The maximum absolute atomic E-state index is 9.91. The number of rotatable bonds is 27. The SMILES string of the molecule is C1COCCN1.CNc1cc(Br)ccc1N.Clc1ccc(Nc2cc(Cl)nc(N3CCOCC3)n2)cc1.Cn1c(CCCCl)nc2ccc(Br)cc21.Cn1c(CCCN2CCOCC2)nc2ccc(-c3cc(Nc4ccc(Cl)cc4)nc(N4CCOCC4)n3)cc21.Cn1c(CCCN2CCOCC2)nc2ccc(B3OC(C)(C)C(C)(C)O3)cc21.Cn1c(CCCN2CCOCC2)nc2ccc(Br)cc21.O=C(Cl)CCCCl. The highest BCUT2D eigenvalue weighted by Gasteiger charge is 2.52. The number of nitrogen functional groups attached to an aromatic ring is 1. The fourth-order valence-electron chi connectivity index (χ4n) is 16.9. The van der Waals surface area contributed by atoms with Crippen molar-refractivity contribution in [3.63, 3.8) is 0 Å². The van der Waals surface area contributed by atoms with Gasteiger partial charge in [-0.1, -0.05) is 94.7 Å². The van der Waals surface area contributed by atoms with E-state index in [1.807, 2.05) is 105 Å². The molecule has 7 aromatic carbocycles. The molecular formula is C105H136BBr3Cl6N22O9. The average molecular weight is 2310 g/mol. The van der Waals surface area contributed by atoms with E-state index in [2.05, 4.69) is 230 Å². The van der Waals surface area contributed by atoms with Crippen molar-refractivity contribution in [2.24, 2.45) is 28.2 Å². The van der Waals surface area contributed by atoms with Crippen LogP contribution in [0, 0.1) is 0 Å². The number of nitrogens with one attached hydrogen (secondary N) is 4. The molecule has 31 nitrogen and oxygen atoms in total. The summed E-state index contributed by atoms with van der Waals surface area (Å²) in [5.74, 6) is 8.41. The summed E-state index contributed by atoms with van der Waals surface area (Å²) in [6, 6.07) is 49.5. The molecule has 0 spiro atoms. The Morgan fingerprint density at radius 3 is 1.18 bits per heavy atom. The van der Waals surface area contributed by atoms with Gasteiger partial charge < -0.3 is 92.8 Å². The minimum Gasteiger partial charge on any atom is -0.399 e. The number of hydrogen-bond donors (Lipinski definition) is 5. The van der Waals surface area contributed by atoms with E-state index in [9.17, 15) is 4.79 Å². The van der Waals surface area contributed by atoms with E-state index in [4.69, 9.17) is 138 Å². The van der Waals surface area contributed by atoms with Gasteiger partial charge in [0.1, 0.15) is 40.1 Å². The largest absolute Gasteiger partial charge is 0.494 e. The number of nitrogens with zero attached hydrogens (tertiary/aromatic N) is 17. The Hall–Kier alpha value is -8.19. The maximum Gasteiger partial charge on any atom is 0.494 e. The number of aromatic nitrogens is 12. The molecule has 146 heavy (non-hydrogen) atoms. The molecule has 6 aromatic heterocycles. The molecule has 7 aliphatic heterocycles. The topological polar surface area (TPSA) is 304 Å². The van der Waals surface area contributed by atoms with Gasteiger partial charge in [0, 0.05) is 210 Å². The van der Waals surface area contributed by atoms with Crippen molar-refractivity contribution in [2.75, 3.05) is 228 Å². The molecule has 0 atom stereocenters. The second-order valence-corrected chi connectivity index (χ2v) is 42.1. The molecule has 13 heterocycles. The number of ether oxygens (including phenoxy) is 6. The lowest BCUT2D eigenvalue weighted by Gasteiger charge is -2.32. The van der Waals surface area contributed by atoms with Crippen LogP contribution in [-0.2, 0) is 96.4 Å². The number of anilines is 8. The highest BCUT2D eigenvalue weighted by molar-refractivity contribution is 9.11. The summed E-state index contributed by atoms with van der Waals surface area (Å²) in [6.45, 7) is 32.6. The number of hydrogen-bond acceptors (Lipinski definition) is 27. The summed E-state index contributed by atoms with van der Waals surface area (Å²) in [4.78, 5) is 59.3. The van der Waals surface area contributed by atoms with Crippen LogP contribution in [-0.4, -0.2) is 293 Å². The van der Waals surface area contributed by atoms with E-state index < -0.39 is 0 Å². The highest BCUT2D eigenvalue weighted by Crippen LogP contribution is 2.38. The van der Waals surface area contributed by atoms with Crippen LogP contribution in [0.3, 0.4) is 0 Å². The van der Waals surface area contributed by atoms with E-state index in [1.165, 1.54) is 11.3 Å². The Balaban J connectivity index is 0.000000148. The highest BCUT2D eigenvalue weighted by atomic mass is 79.9. The number of halogens is 9. The smallest absolute Gasteiger partial charge is 0.399 e. The number of imidazole rings is 4. The number of carbonyl (C=O) groups excluding carboxylic acids is 1. The number of nitrogens with two attached hydrogens (primary N) is 1. The lowest BCUT2D eigenvalue weighted by molar-refractivity contribution is -0.111. The molecule has 0 amide bonds. The average Bonchev–Trinajstić information content (AvgIpc) is 1.61. The molecule has 7 saturated heterocycles. The zero-order chi connectivity index (χ0) is 103. The fourth-order valence-corrected chi connectivity index (χ4v) is 18.8. The third-order valence-electron chi connectivity index (χ3n) is 26.0. The second kappa shape index (κ2) is 58.4. The number of benzene rings is 7. The van der Waals surface area contributed by atoms with Gasteiger partial charge in [0.05, 0.1) is 152 Å². The predicted molar refractivity (Wildman–Crippen MR) is 606 cm³/mol. The zero-order valence-corrected chi connectivity index (χ0v) is 94.1. The molecule has 0 unspecified atom stereocenters. The number of fused-ring (bicyclic) bond motifs is 4. The molecular weight excluding hydrogens is 2180 g/mol. The number of alkyl halides is 2. The third-order valence-corrected chi connectivity index (χ3v) is 28.9. The Morgan fingerprint density at radius 1 is 0.425 bits per heavy atom.